The van der Waals surface area contributed by atoms with Crippen molar-refractivity contribution < 1.29 is 17.1 Å². The van der Waals surface area contributed by atoms with Crippen LogP contribution < -0.4 is 5.32 Å². The van der Waals surface area contributed by atoms with E-state index < -0.39 is 0 Å². The first-order valence-corrected chi connectivity index (χ1v) is 2.12. The predicted molar refractivity (Wildman–Crippen MR) is 24.2 cm³/mol. The number of nitrogens with one attached hydrogen (secondary N) is 1. The van der Waals surface area contributed by atoms with Crippen LogP contribution >= 0.6 is 0 Å². The van der Waals surface area contributed by atoms with Gasteiger partial charge in [-0.1, -0.05) is 13.8 Å². The molecule has 0 aromatic carbocycles. The van der Waals surface area contributed by atoms with Gasteiger partial charge >= 0.3 is 0 Å². The van der Waals surface area contributed by atoms with E-state index in [0.717, 1.165) is 13.1 Å². The summed E-state index contributed by atoms with van der Waals surface area (Å²) in [5, 5.41) is 3.11. The molecule has 0 saturated carbocycles. The van der Waals surface area contributed by atoms with Crippen molar-refractivity contribution in [2.75, 3.05) is 13.1 Å². The van der Waals surface area contributed by atoms with E-state index in [1.54, 1.807) is 0 Å². The van der Waals surface area contributed by atoms with Crippen molar-refractivity contribution in [3.05, 3.63) is 0 Å². The van der Waals surface area contributed by atoms with Crippen LogP contribution in [0.2, 0.25) is 0 Å². The van der Waals surface area contributed by atoms with Crippen molar-refractivity contribution in [1.29, 1.82) is 0 Å². The molecule has 0 aromatic rings. The average molecular weight is 129 g/mol. The van der Waals surface area contributed by atoms with Gasteiger partial charge in [0.15, 0.2) is 0 Å². The van der Waals surface area contributed by atoms with Crippen LogP contribution in [-0.2, 0) is 17.1 Å². The summed E-state index contributed by atoms with van der Waals surface area (Å²) in [5.41, 5.74) is 0. The minimum Gasteiger partial charge on any atom is -0.317 e. The van der Waals surface area contributed by atoms with Gasteiger partial charge in [-0.2, -0.15) is 0 Å². The molecule has 0 aliphatic heterocycles. The van der Waals surface area contributed by atoms with E-state index >= 15 is 0 Å². The summed E-state index contributed by atoms with van der Waals surface area (Å²) >= 11 is 0. The Morgan fingerprint density at radius 2 is 1.50 bits per heavy atom. The summed E-state index contributed by atoms with van der Waals surface area (Å²) in [6, 6.07) is 0. The van der Waals surface area contributed by atoms with E-state index in [1.165, 1.54) is 0 Å². The van der Waals surface area contributed by atoms with Gasteiger partial charge in [0.1, 0.15) is 0 Å². The molecule has 0 aliphatic carbocycles. The molecule has 2 heteroatoms. The minimum atomic E-state index is 0. The summed E-state index contributed by atoms with van der Waals surface area (Å²) in [6.45, 7) is 6.39. The third-order valence-corrected chi connectivity index (χ3v) is 0.500. The molecule has 0 bridgehead atoms. The maximum Gasteiger partial charge on any atom is 0 e. The third kappa shape index (κ3) is 8.82. The first-order chi connectivity index (χ1) is 2.41. The maximum absolute atomic E-state index is 3.11. The van der Waals surface area contributed by atoms with Crippen LogP contribution in [-0.4, -0.2) is 13.1 Å². The molecular weight excluding hydrogens is 118 g/mol. The summed E-state index contributed by atoms with van der Waals surface area (Å²) in [7, 11) is 0. The summed E-state index contributed by atoms with van der Waals surface area (Å²) in [6.07, 6.45) is 0. The molecule has 0 aromatic heterocycles. The van der Waals surface area contributed by atoms with Gasteiger partial charge in [0.2, 0.25) is 0 Å². The van der Waals surface area contributed by atoms with Gasteiger partial charge < -0.3 is 5.32 Å². The van der Waals surface area contributed by atoms with E-state index in [0.29, 0.717) is 0 Å². The molecule has 0 saturated heterocycles. The largest absolute Gasteiger partial charge is 0.317 e. The Hall–Kier alpha value is 0.479. The predicted octanol–water partition coefficient (Wildman–Crippen LogP) is 0.613. The fraction of sp³-hybridized carbons (Fsp3) is 1.00. The van der Waals surface area contributed by atoms with Crippen LogP contribution in [0.3, 0.4) is 0 Å². The van der Waals surface area contributed by atoms with Gasteiger partial charge in [-0.3, -0.25) is 0 Å². The van der Waals surface area contributed by atoms with Gasteiger partial charge in [0.05, 0.1) is 0 Å². The van der Waals surface area contributed by atoms with E-state index in [4.69, 9.17) is 0 Å². The third-order valence-electron chi connectivity index (χ3n) is 0.500. The normalized spacial score (nSPS) is 7.00. The van der Waals surface area contributed by atoms with Crippen LogP contribution in [0, 0.1) is 0 Å². The molecule has 0 heterocycles. The smallest absolute Gasteiger partial charge is 0 e. The Morgan fingerprint density at radius 3 is 1.50 bits per heavy atom. The monoisotopic (exact) mass is 129 g/mol. The molecule has 0 spiro atoms. The Bertz CT molecular complexity index is 15.0. The van der Waals surface area contributed by atoms with E-state index in [2.05, 4.69) is 19.2 Å². The molecule has 0 fully saturated rings. The minimum absolute atomic E-state index is 0. The van der Waals surface area contributed by atoms with E-state index in [-0.39, 0.29) is 17.1 Å². The van der Waals surface area contributed by atoms with Crippen LogP contribution in [0.15, 0.2) is 0 Å². The van der Waals surface area contributed by atoms with Crippen molar-refractivity contribution in [3.63, 3.8) is 0 Å². The Kier molecular flexibility index (Phi) is 14.7. The van der Waals surface area contributed by atoms with E-state index in [9.17, 15) is 0 Å². The summed E-state index contributed by atoms with van der Waals surface area (Å²) < 4.78 is 0. The SMILES string of the molecule is CCNCC.[Fe]. The van der Waals surface area contributed by atoms with Crippen molar-refractivity contribution in [1.82, 2.24) is 5.32 Å². The topological polar surface area (TPSA) is 12.0 Å². The zero-order valence-corrected chi connectivity index (χ0v) is 5.37. The quantitative estimate of drug-likeness (QED) is 0.538. The van der Waals surface area contributed by atoms with Crippen LogP contribution in [0.5, 0.6) is 0 Å². The Labute approximate surface area is 50.0 Å². The van der Waals surface area contributed by atoms with Gasteiger partial charge in [-0.05, 0) is 13.1 Å². The maximum atomic E-state index is 3.11. The fourth-order valence-corrected chi connectivity index (χ4v) is 0.250. The molecule has 0 aliphatic rings. The standard InChI is InChI=1S/C4H11N.Fe/c1-3-5-4-2;/h5H,3-4H2,1-2H3;. The Morgan fingerprint density at radius 1 is 1.17 bits per heavy atom. The molecule has 1 nitrogen and oxygen atoms in total. The second kappa shape index (κ2) is 9.08. The number of rotatable bonds is 2. The van der Waals surface area contributed by atoms with Gasteiger partial charge in [0.25, 0.3) is 0 Å². The van der Waals surface area contributed by atoms with Crippen LogP contribution in [0.4, 0.5) is 0 Å². The molecule has 0 unspecified atom stereocenters. The average Bonchev–Trinajstić information content (AvgIpc) is 1.41. The van der Waals surface area contributed by atoms with Crippen molar-refractivity contribution in [3.8, 4) is 0 Å². The van der Waals surface area contributed by atoms with Crippen molar-refractivity contribution >= 4 is 0 Å². The molecule has 40 valence electrons. The number of hydrogen-bond acceptors (Lipinski definition) is 1. The molecule has 0 amide bonds. The molecular formula is C4H11FeN. The molecule has 0 radical (unpaired) electrons. The van der Waals surface area contributed by atoms with Crippen molar-refractivity contribution in [2.24, 2.45) is 0 Å². The second-order valence-electron chi connectivity index (χ2n) is 0.957. The van der Waals surface area contributed by atoms with Crippen LogP contribution in [0.1, 0.15) is 13.8 Å². The van der Waals surface area contributed by atoms with Gasteiger partial charge in [-0.25, -0.2) is 0 Å². The fourth-order valence-electron chi connectivity index (χ4n) is 0.250. The second-order valence-corrected chi connectivity index (χ2v) is 0.957. The van der Waals surface area contributed by atoms with Gasteiger partial charge in [-0.15, -0.1) is 0 Å². The van der Waals surface area contributed by atoms with E-state index in [1.807, 2.05) is 0 Å². The van der Waals surface area contributed by atoms with Crippen LogP contribution in [0.25, 0.3) is 0 Å². The first kappa shape index (κ1) is 9.70. The molecule has 6 heavy (non-hydrogen) atoms. The zero-order valence-electron chi connectivity index (χ0n) is 4.27. The summed E-state index contributed by atoms with van der Waals surface area (Å²) in [5.74, 6) is 0. The molecule has 0 rings (SSSR count). The summed E-state index contributed by atoms with van der Waals surface area (Å²) in [4.78, 5) is 0. The molecule has 0 atom stereocenters. The Balaban J connectivity index is 0. The van der Waals surface area contributed by atoms with Crippen molar-refractivity contribution in [2.45, 2.75) is 13.8 Å². The number of hydrogen-bond donors (Lipinski definition) is 1. The first-order valence-electron chi connectivity index (χ1n) is 2.12. The molecule has 1 N–H and O–H groups in total. The van der Waals surface area contributed by atoms with Gasteiger partial charge in [0, 0.05) is 17.1 Å². The zero-order chi connectivity index (χ0) is 4.12.